The SMILES string of the molecule is [CH2]C(C)(CCC(C)C)CC(C)C. The van der Waals surface area contributed by atoms with Gasteiger partial charge in [-0.05, 0) is 37.0 Å². The molecule has 0 spiro atoms. The maximum atomic E-state index is 4.28. The van der Waals surface area contributed by atoms with Crippen molar-refractivity contribution in [1.29, 1.82) is 0 Å². The predicted octanol–water partition coefficient (Wildman–Crippen LogP) is 4.31. The third-order valence-electron chi connectivity index (χ3n) is 2.23. The summed E-state index contributed by atoms with van der Waals surface area (Å²) in [6, 6.07) is 0. The second kappa shape index (κ2) is 4.89. The van der Waals surface area contributed by atoms with Gasteiger partial charge in [-0.1, -0.05) is 41.0 Å². The fourth-order valence-corrected chi connectivity index (χ4v) is 1.72. The Kier molecular flexibility index (Phi) is 4.89. The monoisotopic (exact) mass is 169 g/mol. The Morgan fingerprint density at radius 2 is 1.58 bits per heavy atom. The highest BCUT2D eigenvalue weighted by Gasteiger charge is 2.19. The molecule has 0 nitrogen and oxygen atoms in total. The molecule has 0 bridgehead atoms. The summed E-state index contributed by atoms with van der Waals surface area (Å²) in [6.45, 7) is 15.7. The molecule has 0 saturated carbocycles. The van der Waals surface area contributed by atoms with E-state index in [-0.39, 0.29) is 0 Å². The molecule has 0 fully saturated rings. The molecule has 0 heteroatoms. The highest BCUT2D eigenvalue weighted by Crippen LogP contribution is 2.31. The highest BCUT2D eigenvalue weighted by atomic mass is 14.2. The largest absolute Gasteiger partial charge is 0.0628 e. The van der Waals surface area contributed by atoms with Crippen molar-refractivity contribution < 1.29 is 0 Å². The Labute approximate surface area is 78.8 Å². The van der Waals surface area contributed by atoms with Gasteiger partial charge in [0.05, 0.1) is 0 Å². The van der Waals surface area contributed by atoms with E-state index < -0.39 is 0 Å². The summed E-state index contributed by atoms with van der Waals surface area (Å²) >= 11 is 0. The summed E-state index contributed by atoms with van der Waals surface area (Å²) < 4.78 is 0. The fourth-order valence-electron chi connectivity index (χ4n) is 1.72. The minimum absolute atomic E-state index is 0.304. The van der Waals surface area contributed by atoms with Crippen LogP contribution in [0.15, 0.2) is 0 Å². The zero-order chi connectivity index (χ0) is 9.78. The molecule has 0 aromatic rings. The van der Waals surface area contributed by atoms with Crippen LogP contribution in [0.4, 0.5) is 0 Å². The zero-order valence-electron chi connectivity index (χ0n) is 9.48. The van der Waals surface area contributed by atoms with Crippen molar-refractivity contribution in [3.63, 3.8) is 0 Å². The topological polar surface area (TPSA) is 0 Å². The molecule has 0 N–H and O–H groups in total. The smallest absolute Gasteiger partial charge is 0.0323 e. The van der Waals surface area contributed by atoms with E-state index in [0.29, 0.717) is 5.41 Å². The van der Waals surface area contributed by atoms with E-state index in [1.165, 1.54) is 19.3 Å². The molecule has 0 aromatic carbocycles. The molecule has 0 heterocycles. The van der Waals surface area contributed by atoms with Gasteiger partial charge in [0.1, 0.15) is 0 Å². The second-order valence-electron chi connectivity index (χ2n) is 5.34. The van der Waals surface area contributed by atoms with E-state index in [2.05, 4.69) is 41.5 Å². The third-order valence-corrected chi connectivity index (χ3v) is 2.23. The summed E-state index contributed by atoms with van der Waals surface area (Å²) in [6.07, 6.45) is 3.83. The van der Waals surface area contributed by atoms with Crippen LogP contribution in [0, 0.1) is 24.2 Å². The normalized spacial score (nSPS) is 13.0. The third kappa shape index (κ3) is 6.69. The van der Waals surface area contributed by atoms with Crippen LogP contribution in [0.3, 0.4) is 0 Å². The van der Waals surface area contributed by atoms with Crippen LogP contribution in [0.2, 0.25) is 0 Å². The lowest BCUT2D eigenvalue weighted by atomic mass is 9.79. The van der Waals surface area contributed by atoms with Gasteiger partial charge in [-0.25, -0.2) is 0 Å². The molecule has 0 aliphatic carbocycles. The summed E-state index contributed by atoms with van der Waals surface area (Å²) in [5, 5.41) is 0. The van der Waals surface area contributed by atoms with Crippen LogP contribution in [0.5, 0.6) is 0 Å². The van der Waals surface area contributed by atoms with Gasteiger partial charge in [0.15, 0.2) is 0 Å². The van der Waals surface area contributed by atoms with Gasteiger partial charge in [-0.15, -0.1) is 0 Å². The van der Waals surface area contributed by atoms with Crippen LogP contribution in [-0.4, -0.2) is 0 Å². The van der Waals surface area contributed by atoms with Gasteiger partial charge in [0, 0.05) is 0 Å². The van der Waals surface area contributed by atoms with Crippen LogP contribution in [-0.2, 0) is 0 Å². The molecule has 1 unspecified atom stereocenters. The predicted molar refractivity (Wildman–Crippen MR) is 57.0 cm³/mol. The maximum Gasteiger partial charge on any atom is -0.0323 e. The molecule has 0 saturated heterocycles. The van der Waals surface area contributed by atoms with Crippen LogP contribution >= 0.6 is 0 Å². The average molecular weight is 169 g/mol. The van der Waals surface area contributed by atoms with Crippen molar-refractivity contribution in [3.05, 3.63) is 6.92 Å². The molecule has 0 aliphatic heterocycles. The van der Waals surface area contributed by atoms with Gasteiger partial charge in [0.2, 0.25) is 0 Å². The molecular formula is C12H25. The lowest BCUT2D eigenvalue weighted by Crippen LogP contribution is -2.15. The van der Waals surface area contributed by atoms with Gasteiger partial charge >= 0.3 is 0 Å². The van der Waals surface area contributed by atoms with Gasteiger partial charge in [-0.3, -0.25) is 0 Å². The first-order valence-electron chi connectivity index (χ1n) is 5.19. The van der Waals surface area contributed by atoms with Crippen molar-refractivity contribution in [2.45, 2.75) is 53.9 Å². The molecular weight excluding hydrogens is 144 g/mol. The molecule has 12 heavy (non-hydrogen) atoms. The van der Waals surface area contributed by atoms with Crippen molar-refractivity contribution in [2.75, 3.05) is 0 Å². The van der Waals surface area contributed by atoms with Gasteiger partial charge in [-0.2, -0.15) is 0 Å². The van der Waals surface area contributed by atoms with Gasteiger partial charge < -0.3 is 0 Å². The Hall–Kier alpha value is 0. The first-order chi connectivity index (χ1) is 5.33. The number of hydrogen-bond donors (Lipinski definition) is 0. The minimum atomic E-state index is 0.304. The summed E-state index contributed by atoms with van der Waals surface area (Å²) in [7, 11) is 0. The van der Waals surface area contributed by atoms with Crippen molar-refractivity contribution in [2.24, 2.45) is 17.3 Å². The fraction of sp³-hybridized carbons (Fsp3) is 0.917. The van der Waals surface area contributed by atoms with E-state index in [1.807, 2.05) is 0 Å². The molecule has 0 rings (SSSR count). The molecule has 0 amide bonds. The highest BCUT2D eigenvalue weighted by molar-refractivity contribution is 4.78. The first-order valence-corrected chi connectivity index (χ1v) is 5.19. The van der Waals surface area contributed by atoms with Crippen molar-refractivity contribution >= 4 is 0 Å². The average Bonchev–Trinajstić information content (AvgIpc) is 1.81. The van der Waals surface area contributed by atoms with E-state index in [0.717, 1.165) is 11.8 Å². The van der Waals surface area contributed by atoms with Crippen molar-refractivity contribution in [1.82, 2.24) is 0 Å². The summed E-state index contributed by atoms with van der Waals surface area (Å²) in [4.78, 5) is 0. The zero-order valence-corrected chi connectivity index (χ0v) is 9.48. The standard InChI is InChI=1S/C12H25/c1-10(2)7-8-12(5,6)9-11(3)4/h10-11H,5,7-9H2,1-4,6H3. The van der Waals surface area contributed by atoms with E-state index >= 15 is 0 Å². The Balaban J connectivity index is 3.71. The lowest BCUT2D eigenvalue weighted by molar-refractivity contribution is 0.284. The van der Waals surface area contributed by atoms with Crippen LogP contribution in [0.25, 0.3) is 0 Å². The molecule has 73 valence electrons. The number of hydrogen-bond acceptors (Lipinski definition) is 0. The van der Waals surface area contributed by atoms with E-state index in [1.54, 1.807) is 0 Å². The Bertz CT molecular complexity index is 109. The van der Waals surface area contributed by atoms with Crippen LogP contribution in [0.1, 0.15) is 53.9 Å². The minimum Gasteiger partial charge on any atom is -0.0628 e. The quantitative estimate of drug-likeness (QED) is 0.575. The van der Waals surface area contributed by atoms with Crippen LogP contribution < -0.4 is 0 Å². The molecule has 0 aromatic heterocycles. The maximum absolute atomic E-state index is 4.28. The summed E-state index contributed by atoms with van der Waals surface area (Å²) in [5.41, 5.74) is 0.304. The number of rotatable bonds is 5. The first kappa shape index (κ1) is 12.0. The molecule has 1 atom stereocenters. The Morgan fingerprint density at radius 3 is 1.92 bits per heavy atom. The van der Waals surface area contributed by atoms with E-state index in [9.17, 15) is 0 Å². The van der Waals surface area contributed by atoms with Crippen molar-refractivity contribution in [3.8, 4) is 0 Å². The second-order valence-corrected chi connectivity index (χ2v) is 5.34. The summed E-state index contributed by atoms with van der Waals surface area (Å²) in [5.74, 6) is 1.60. The van der Waals surface area contributed by atoms with E-state index in [4.69, 9.17) is 0 Å². The molecule has 0 aliphatic rings. The molecule has 1 radical (unpaired) electrons. The van der Waals surface area contributed by atoms with Gasteiger partial charge in [0.25, 0.3) is 0 Å². The lowest BCUT2D eigenvalue weighted by Gasteiger charge is -2.27. The Morgan fingerprint density at radius 1 is 1.08 bits per heavy atom.